The molecule has 1 N–H and O–H groups in total. The summed E-state index contributed by atoms with van der Waals surface area (Å²) in [6, 6.07) is 18.0. The lowest BCUT2D eigenvalue weighted by atomic mass is 10.0. The van der Waals surface area contributed by atoms with Gasteiger partial charge in [0.15, 0.2) is 0 Å². The summed E-state index contributed by atoms with van der Waals surface area (Å²) in [7, 11) is 0. The molecule has 1 fully saturated rings. The van der Waals surface area contributed by atoms with Crippen LogP contribution >= 0.6 is 15.9 Å². The van der Waals surface area contributed by atoms with Crippen molar-refractivity contribution < 1.29 is 14.7 Å². The van der Waals surface area contributed by atoms with Crippen molar-refractivity contribution in [1.82, 2.24) is 9.80 Å². The Kier molecular flexibility index (Phi) is 5.05. The number of halogens is 1. The van der Waals surface area contributed by atoms with Gasteiger partial charge in [0.05, 0.1) is 0 Å². The molecule has 28 heavy (non-hydrogen) atoms. The zero-order chi connectivity index (χ0) is 19.7. The lowest BCUT2D eigenvalue weighted by Crippen LogP contribution is -2.50. The number of fused-ring (bicyclic) bond motifs is 1. The molecule has 0 bridgehead atoms. The highest BCUT2D eigenvalue weighted by Gasteiger charge is 2.26. The average molecular weight is 439 g/mol. The molecule has 0 aliphatic carbocycles. The van der Waals surface area contributed by atoms with Crippen molar-refractivity contribution >= 4 is 38.5 Å². The maximum atomic E-state index is 13.1. The lowest BCUT2D eigenvalue weighted by molar-refractivity contribution is 0.0536. The Morgan fingerprint density at radius 2 is 1.50 bits per heavy atom. The van der Waals surface area contributed by atoms with Crippen LogP contribution < -0.4 is 0 Å². The van der Waals surface area contributed by atoms with E-state index in [2.05, 4.69) is 15.9 Å². The number of phenols is 1. The van der Waals surface area contributed by atoms with Crippen LogP contribution in [-0.2, 0) is 0 Å². The molecule has 0 saturated carbocycles. The van der Waals surface area contributed by atoms with Gasteiger partial charge in [-0.25, -0.2) is 0 Å². The summed E-state index contributed by atoms with van der Waals surface area (Å²) in [6.45, 7) is 1.88. The number of amides is 2. The van der Waals surface area contributed by atoms with Crippen LogP contribution in [0.2, 0.25) is 0 Å². The average Bonchev–Trinajstić information content (AvgIpc) is 2.72. The van der Waals surface area contributed by atoms with Crippen LogP contribution in [0.5, 0.6) is 5.75 Å². The van der Waals surface area contributed by atoms with Crippen molar-refractivity contribution in [1.29, 1.82) is 0 Å². The van der Waals surface area contributed by atoms with Gasteiger partial charge in [-0.15, -0.1) is 0 Å². The van der Waals surface area contributed by atoms with Gasteiger partial charge in [0.25, 0.3) is 11.8 Å². The summed E-state index contributed by atoms with van der Waals surface area (Å²) in [5.41, 5.74) is 1.12. The summed E-state index contributed by atoms with van der Waals surface area (Å²) >= 11 is 3.49. The molecule has 4 rings (SSSR count). The van der Waals surface area contributed by atoms with Crippen molar-refractivity contribution in [3.05, 3.63) is 76.3 Å². The first-order chi connectivity index (χ1) is 13.5. The molecule has 1 heterocycles. The van der Waals surface area contributed by atoms with E-state index >= 15 is 0 Å². The third-order valence-corrected chi connectivity index (χ3v) is 5.46. The minimum absolute atomic E-state index is 0.0260. The Labute approximate surface area is 171 Å². The number of benzene rings is 3. The van der Waals surface area contributed by atoms with Gasteiger partial charge in [0.2, 0.25) is 0 Å². The van der Waals surface area contributed by atoms with E-state index < -0.39 is 0 Å². The molecule has 0 aromatic heterocycles. The third kappa shape index (κ3) is 3.60. The van der Waals surface area contributed by atoms with Crippen molar-refractivity contribution in [3.63, 3.8) is 0 Å². The van der Waals surface area contributed by atoms with Crippen LogP contribution in [0.15, 0.2) is 65.1 Å². The predicted octanol–water partition coefficient (Wildman–Crippen LogP) is 3.91. The van der Waals surface area contributed by atoms with Crippen molar-refractivity contribution in [2.24, 2.45) is 0 Å². The summed E-state index contributed by atoms with van der Waals surface area (Å²) < 4.78 is 0.868. The highest BCUT2D eigenvalue weighted by molar-refractivity contribution is 9.10. The molecule has 142 valence electrons. The number of rotatable bonds is 2. The van der Waals surface area contributed by atoms with Crippen molar-refractivity contribution in [2.75, 3.05) is 26.2 Å². The molecule has 1 aliphatic heterocycles. The first-order valence-corrected chi connectivity index (χ1v) is 9.88. The maximum Gasteiger partial charge on any atom is 0.254 e. The van der Waals surface area contributed by atoms with Crippen LogP contribution in [0.4, 0.5) is 0 Å². The first kappa shape index (κ1) is 18.5. The van der Waals surface area contributed by atoms with Gasteiger partial charge < -0.3 is 14.9 Å². The largest absolute Gasteiger partial charge is 0.508 e. The Morgan fingerprint density at radius 1 is 0.821 bits per heavy atom. The molecular formula is C22H19BrN2O3. The lowest BCUT2D eigenvalue weighted by Gasteiger charge is -2.35. The smallest absolute Gasteiger partial charge is 0.254 e. The monoisotopic (exact) mass is 438 g/mol. The molecule has 2 amide bonds. The number of carbonyl (C=O) groups is 2. The fourth-order valence-electron chi connectivity index (χ4n) is 3.56. The fraction of sp³-hybridized carbons (Fsp3) is 0.182. The minimum atomic E-state index is -0.129. The van der Waals surface area contributed by atoms with Gasteiger partial charge in [-0.3, -0.25) is 9.59 Å². The first-order valence-electron chi connectivity index (χ1n) is 9.09. The second-order valence-electron chi connectivity index (χ2n) is 6.81. The molecule has 3 aromatic rings. The minimum Gasteiger partial charge on any atom is -0.508 e. The molecule has 5 nitrogen and oxygen atoms in total. The van der Waals surface area contributed by atoms with E-state index in [1.807, 2.05) is 36.4 Å². The van der Waals surface area contributed by atoms with Gasteiger partial charge in [0.1, 0.15) is 5.75 Å². The number of piperazine rings is 1. The Balaban J connectivity index is 1.50. The van der Waals surface area contributed by atoms with Crippen molar-refractivity contribution in [3.8, 4) is 5.75 Å². The number of phenolic OH excluding ortho intramolecular Hbond substituents is 1. The number of carbonyl (C=O) groups excluding carboxylic acids is 2. The number of aromatic hydroxyl groups is 1. The molecule has 1 saturated heterocycles. The van der Waals surface area contributed by atoms with E-state index in [0.717, 1.165) is 15.2 Å². The molecule has 0 spiro atoms. The van der Waals surface area contributed by atoms with E-state index in [-0.39, 0.29) is 17.6 Å². The summed E-state index contributed by atoms with van der Waals surface area (Å²) in [4.78, 5) is 29.3. The Hall–Kier alpha value is -2.86. The van der Waals surface area contributed by atoms with Crippen LogP contribution in [0.1, 0.15) is 20.7 Å². The molecule has 0 unspecified atom stereocenters. The van der Waals surface area contributed by atoms with E-state index in [1.165, 1.54) is 12.1 Å². The SMILES string of the molecule is O=C(c1cccc(O)c1)N1CCN(C(=O)c2cc(Br)cc3ccccc23)CC1. The summed E-state index contributed by atoms with van der Waals surface area (Å²) in [6.07, 6.45) is 0. The summed E-state index contributed by atoms with van der Waals surface area (Å²) in [5, 5.41) is 11.5. The molecular weight excluding hydrogens is 420 g/mol. The molecule has 0 radical (unpaired) electrons. The maximum absolute atomic E-state index is 13.1. The van der Waals surface area contributed by atoms with E-state index in [4.69, 9.17) is 0 Å². The number of nitrogens with zero attached hydrogens (tertiary/aromatic N) is 2. The van der Waals surface area contributed by atoms with Crippen LogP contribution in [-0.4, -0.2) is 52.9 Å². The highest BCUT2D eigenvalue weighted by Crippen LogP contribution is 2.26. The van der Waals surface area contributed by atoms with E-state index in [0.29, 0.717) is 37.3 Å². The van der Waals surface area contributed by atoms with E-state index in [1.54, 1.807) is 21.9 Å². The molecule has 0 atom stereocenters. The van der Waals surface area contributed by atoms with E-state index in [9.17, 15) is 14.7 Å². The quantitative estimate of drug-likeness (QED) is 0.659. The van der Waals surface area contributed by atoms with Gasteiger partial charge in [-0.1, -0.05) is 46.3 Å². The molecule has 6 heteroatoms. The second-order valence-corrected chi connectivity index (χ2v) is 7.72. The zero-order valence-corrected chi connectivity index (χ0v) is 16.7. The number of hydrogen-bond donors (Lipinski definition) is 1. The van der Waals surface area contributed by atoms with Gasteiger partial charge in [-0.2, -0.15) is 0 Å². The van der Waals surface area contributed by atoms with Crippen molar-refractivity contribution in [2.45, 2.75) is 0 Å². The Morgan fingerprint density at radius 3 is 2.21 bits per heavy atom. The third-order valence-electron chi connectivity index (χ3n) is 5.00. The highest BCUT2D eigenvalue weighted by atomic mass is 79.9. The standard InChI is InChI=1S/C22H19BrN2O3/c23-17-12-15-4-1-2-7-19(15)20(14-17)22(28)25-10-8-24(9-11-25)21(27)16-5-3-6-18(26)13-16/h1-7,12-14,26H,8-11H2. The zero-order valence-electron chi connectivity index (χ0n) is 15.1. The molecule has 3 aromatic carbocycles. The van der Waals surface area contributed by atoms with Gasteiger partial charge >= 0.3 is 0 Å². The predicted molar refractivity (Wildman–Crippen MR) is 112 cm³/mol. The Bertz CT molecular complexity index is 1060. The summed E-state index contributed by atoms with van der Waals surface area (Å²) in [5.74, 6) is -0.0842. The van der Waals surface area contributed by atoms with Gasteiger partial charge in [-0.05, 0) is 41.1 Å². The van der Waals surface area contributed by atoms with Gasteiger partial charge in [0, 0.05) is 41.8 Å². The van der Waals surface area contributed by atoms with Crippen LogP contribution in [0.25, 0.3) is 10.8 Å². The second kappa shape index (κ2) is 7.64. The normalized spacial score (nSPS) is 14.3. The topological polar surface area (TPSA) is 60.9 Å². The van der Waals surface area contributed by atoms with Crippen LogP contribution in [0.3, 0.4) is 0 Å². The van der Waals surface area contributed by atoms with Crippen LogP contribution in [0, 0.1) is 0 Å². The fourth-order valence-corrected chi connectivity index (χ4v) is 4.03. The molecule has 1 aliphatic rings. The number of hydrogen-bond acceptors (Lipinski definition) is 3.